The molecule has 148 valence electrons. The maximum atomic E-state index is 10.2. The zero-order valence-corrected chi connectivity index (χ0v) is 18.9. The van der Waals surface area contributed by atoms with Crippen molar-refractivity contribution in [1.29, 1.82) is 0 Å². The van der Waals surface area contributed by atoms with E-state index in [1.807, 2.05) is 0 Å². The topological polar surface area (TPSA) is 109 Å². The van der Waals surface area contributed by atoms with Crippen molar-refractivity contribution in [2.24, 2.45) is 5.11 Å². The number of carboxylic acids is 1. The number of carbonyl (C=O) groups excluding carboxylic acids is 1. The molecule has 0 aliphatic heterocycles. The van der Waals surface area contributed by atoms with Crippen molar-refractivity contribution < 1.29 is 44.6 Å². The molecule has 6 nitrogen and oxygen atoms in total. The molecule has 0 aliphatic carbocycles. The first-order chi connectivity index (χ1) is 12.7. The Morgan fingerprint density at radius 3 is 1.89 bits per heavy atom. The molecule has 0 spiro atoms. The average Bonchev–Trinajstić information content (AvgIpc) is 2.63. The molecule has 0 rings (SSSR count). The van der Waals surface area contributed by atoms with Crippen molar-refractivity contribution in [3.8, 4) is 0 Å². The molecule has 0 fully saturated rings. The van der Waals surface area contributed by atoms with E-state index < -0.39 is 5.97 Å². The Morgan fingerprint density at radius 2 is 1.41 bits per heavy atom. The Balaban J connectivity index is 0. The monoisotopic (exact) mass is 387 g/mol. The number of carboxylic acid groups (broad SMARTS) is 1. The summed E-state index contributed by atoms with van der Waals surface area (Å²) in [5, 5.41) is 22.8. The van der Waals surface area contributed by atoms with Gasteiger partial charge in [0.15, 0.2) is 0 Å². The summed E-state index contributed by atoms with van der Waals surface area (Å²) in [5.41, 5.74) is 8.33. The number of aliphatic hydroxyl groups is 1. The number of hydrogen-bond acceptors (Lipinski definition) is 4. The number of allylic oxidation sites excluding steroid dienone is 4. The molecule has 0 saturated carbocycles. The molecule has 0 saturated heterocycles. The van der Waals surface area contributed by atoms with Crippen molar-refractivity contribution in [3.63, 3.8) is 0 Å². The van der Waals surface area contributed by atoms with E-state index in [9.17, 15) is 9.90 Å². The smallest absolute Gasteiger partial charge is 0.550 e. The third-order valence-electron chi connectivity index (χ3n) is 4.16. The molecule has 0 heterocycles. The van der Waals surface area contributed by atoms with E-state index in [1.165, 1.54) is 32.1 Å². The van der Waals surface area contributed by atoms with Crippen LogP contribution in [0.15, 0.2) is 29.4 Å². The van der Waals surface area contributed by atoms with Gasteiger partial charge in [-0.2, -0.15) is 0 Å². The summed E-state index contributed by atoms with van der Waals surface area (Å²) in [6, 6.07) is -0.287. The summed E-state index contributed by atoms with van der Waals surface area (Å²) < 4.78 is 0. The molecule has 0 aromatic rings. The van der Waals surface area contributed by atoms with E-state index in [0.717, 1.165) is 38.5 Å². The Bertz CT molecular complexity index is 450. The zero-order chi connectivity index (χ0) is 19.3. The van der Waals surface area contributed by atoms with E-state index in [-0.39, 0.29) is 48.6 Å². The minimum Gasteiger partial charge on any atom is -0.550 e. The Morgan fingerprint density at radius 1 is 0.926 bits per heavy atom. The minimum atomic E-state index is -0.964. The summed E-state index contributed by atoms with van der Waals surface area (Å²) >= 11 is 0. The second-order valence-corrected chi connectivity index (χ2v) is 6.52. The summed E-state index contributed by atoms with van der Waals surface area (Å²) in [7, 11) is 0. The van der Waals surface area contributed by atoms with Gasteiger partial charge in [0, 0.05) is 10.9 Å². The fourth-order valence-electron chi connectivity index (χ4n) is 2.62. The number of aliphatic carboxylic acids is 1. The van der Waals surface area contributed by atoms with E-state index in [0.29, 0.717) is 6.42 Å². The number of unbranched alkanes of at least 4 members (excludes halogenated alkanes) is 8. The first-order valence-electron chi connectivity index (χ1n) is 9.85. The molecule has 7 heteroatoms. The van der Waals surface area contributed by atoms with E-state index in [1.54, 1.807) is 0 Å². The van der Waals surface area contributed by atoms with Crippen molar-refractivity contribution in [2.75, 3.05) is 6.61 Å². The standard InChI is InChI=1S/C20H35N3O3.Na/c21-23-22-19(18-24)16-14-12-10-8-6-4-2-1-3-5-7-9-11-13-15-17-20(25)26;/h8-11,19,24H,1-7,12-18H2,(H,25,26);/q;+1/p-1/b10-8-,11-9-;/t19-;/m1./s1. The number of azide groups is 1. The van der Waals surface area contributed by atoms with Gasteiger partial charge in [0.05, 0.1) is 12.6 Å². The first-order valence-corrected chi connectivity index (χ1v) is 9.85. The van der Waals surface area contributed by atoms with Crippen LogP contribution in [0.5, 0.6) is 0 Å². The van der Waals surface area contributed by atoms with Gasteiger partial charge in [-0.25, -0.2) is 0 Å². The SMILES string of the molecule is [N-]=[N+]=N[C@@H](CO)CCC/C=C\CCCCCCC/C=C\CCCC(=O)[O-].[Na+]. The van der Waals surface area contributed by atoms with Crippen molar-refractivity contribution in [1.82, 2.24) is 0 Å². The Hall–Kier alpha value is -0.780. The van der Waals surface area contributed by atoms with Crippen LogP contribution in [0.1, 0.15) is 83.5 Å². The van der Waals surface area contributed by atoms with Crippen LogP contribution in [0.3, 0.4) is 0 Å². The van der Waals surface area contributed by atoms with Gasteiger partial charge in [-0.15, -0.1) is 0 Å². The van der Waals surface area contributed by atoms with Gasteiger partial charge in [-0.05, 0) is 69.7 Å². The molecule has 0 bridgehead atoms. The molecule has 27 heavy (non-hydrogen) atoms. The summed E-state index contributed by atoms with van der Waals surface area (Å²) in [5.74, 6) is -0.964. The number of rotatable bonds is 18. The van der Waals surface area contributed by atoms with Gasteiger partial charge < -0.3 is 15.0 Å². The van der Waals surface area contributed by atoms with Gasteiger partial charge in [-0.1, -0.05) is 48.7 Å². The molecule has 0 radical (unpaired) electrons. The average molecular weight is 388 g/mol. The third-order valence-corrected chi connectivity index (χ3v) is 4.16. The number of carbonyl (C=O) groups is 1. The number of aliphatic hydroxyl groups excluding tert-OH is 1. The van der Waals surface area contributed by atoms with Gasteiger partial charge >= 0.3 is 29.6 Å². The zero-order valence-electron chi connectivity index (χ0n) is 16.9. The van der Waals surface area contributed by atoms with Crippen molar-refractivity contribution in [3.05, 3.63) is 34.7 Å². The molecule has 0 aliphatic rings. The normalized spacial score (nSPS) is 12.0. The van der Waals surface area contributed by atoms with Crippen LogP contribution in [0.25, 0.3) is 10.4 Å². The summed E-state index contributed by atoms with van der Waals surface area (Å²) in [6.45, 7) is -0.0774. The fourth-order valence-corrected chi connectivity index (χ4v) is 2.62. The van der Waals surface area contributed by atoms with E-state index in [2.05, 4.69) is 34.3 Å². The maximum absolute atomic E-state index is 10.2. The van der Waals surface area contributed by atoms with Gasteiger partial charge in [0.1, 0.15) is 0 Å². The largest absolute Gasteiger partial charge is 1.00 e. The fraction of sp³-hybridized carbons (Fsp3) is 0.750. The summed E-state index contributed by atoms with van der Waals surface area (Å²) in [6.07, 6.45) is 21.3. The van der Waals surface area contributed by atoms with Crippen LogP contribution >= 0.6 is 0 Å². The predicted octanol–water partition coefficient (Wildman–Crippen LogP) is 1.60. The van der Waals surface area contributed by atoms with Gasteiger partial charge in [-0.3, -0.25) is 0 Å². The third kappa shape index (κ3) is 23.2. The predicted molar refractivity (Wildman–Crippen MR) is 103 cm³/mol. The van der Waals surface area contributed by atoms with Crippen LogP contribution in [-0.4, -0.2) is 23.7 Å². The van der Waals surface area contributed by atoms with Crippen LogP contribution in [-0.2, 0) is 4.79 Å². The quantitative estimate of drug-likeness (QED) is 0.0963. The first kappa shape index (κ1) is 28.4. The summed E-state index contributed by atoms with van der Waals surface area (Å²) in [4.78, 5) is 13.0. The molecule has 0 unspecified atom stereocenters. The molecular weight excluding hydrogens is 353 g/mol. The molecular formula is C20H34N3NaO3. The minimum absolute atomic E-state index is 0. The maximum Gasteiger partial charge on any atom is 1.00 e. The van der Waals surface area contributed by atoms with Crippen LogP contribution < -0.4 is 34.7 Å². The number of hydrogen-bond donors (Lipinski definition) is 1. The second kappa shape index (κ2) is 23.3. The molecule has 1 N–H and O–H groups in total. The Kier molecular flexibility index (Phi) is 24.5. The Labute approximate surface area is 186 Å². The molecule has 0 aromatic heterocycles. The van der Waals surface area contributed by atoms with E-state index in [4.69, 9.17) is 10.6 Å². The van der Waals surface area contributed by atoms with E-state index >= 15 is 0 Å². The van der Waals surface area contributed by atoms with Crippen molar-refractivity contribution in [2.45, 2.75) is 89.5 Å². The molecule has 0 aromatic carbocycles. The van der Waals surface area contributed by atoms with Crippen LogP contribution in [0.4, 0.5) is 0 Å². The van der Waals surface area contributed by atoms with Crippen LogP contribution in [0.2, 0.25) is 0 Å². The van der Waals surface area contributed by atoms with Crippen LogP contribution in [0, 0.1) is 0 Å². The second-order valence-electron chi connectivity index (χ2n) is 6.52. The van der Waals surface area contributed by atoms with Gasteiger partial charge in [0.25, 0.3) is 0 Å². The molecule has 0 amide bonds. The van der Waals surface area contributed by atoms with Gasteiger partial charge in [0.2, 0.25) is 0 Å². The number of nitrogens with zero attached hydrogens (tertiary/aromatic N) is 3. The molecule has 1 atom stereocenters. The van der Waals surface area contributed by atoms with Crippen molar-refractivity contribution >= 4 is 5.97 Å².